The third kappa shape index (κ3) is 2.34. The average Bonchev–Trinajstić information content (AvgIpc) is 3.00. The molecule has 1 aliphatic rings. The maximum Gasteiger partial charge on any atom is 0.230 e. The van der Waals surface area contributed by atoms with Gasteiger partial charge in [-0.2, -0.15) is 0 Å². The smallest absolute Gasteiger partial charge is 0.230 e. The molecule has 106 valence electrons. The molecule has 0 N–H and O–H groups in total. The first-order chi connectivity index (χ1) is 10.4. The van der Waals surface area contributed by atoms with Gasteiger partial charge in [-0.25, -0.2) is 15.0 Å². The fourth-order valence-electron chi connectivity index (χ4n) is 2.35. The molecule has 0 unspecified atom stereocenters. The van der Waals surface area contributed by atoms with Crippen LogP contribution in [0, 0.1) is 0 Å². The highest BCUT2D eigenvalue weighted by molar-refractivity contribution is 5.75. The number of anilines is 1. The number of benzene rings is 1. The van der Waals surface area contributed by atoms with Crippen LogP contribution in [0.25, 0.3) is 22.6 Å². The van der Waals surface area contributed by atoms with Gasteiger partial charge in [0, 0.05) is 25.5 Å². The Morgan fingerprint density at radius 2 is 1.76 bits per heavy atom. The minimum Gasteiger partial charge on any atom is -0.436 e. The lowest BCUT2D eigenvalue weighted by Gasteiger charge is -2.26. The zero-order valence-corrected chi connectivity index (χ0v) is 11.4. The monoisotopic (exact) mass is 282 g/mol. The van der Waals surface area contributed by atoms with Crippen LogP contribution in [0.2, 0.25) is 0 Å². The van der Waals surface area contributed by atoms with Gasteiger partial charge in [0.15, 0.2) is 5.58 Å². The van der Waals surface area contributed by atoms with Gasteiger partial charge in [0.2, 0.25) is 11.8 Å². The van der Waals surface area contributed by atoms with Crippen molar-refractivity contribution in [1.29, 1.82) is 0 Å². The molecule has 1 aromatic carbocycles. The second kappa shape index (κ2) is 5.14. The van der Waals surface area contributed by atoms with Crippen molar-refractivity contribution >= 4 is 17.0 Å². The Bertz CT molecular complexity index is 715. The predicted molar refractivity (Wildman–Crippen MR) is 78.1 cm³/mol. The van der Waals surface area contributed by atoms with Crippen LogP contribution in [0.5, 0.6) is 0 Å². The third-order valence-corrected chi connectivity index (χ3v) is 3.47. The van der Waals surface area contributed by atoms with Crippen LogP contribution in [0.3, 0.4) is 0 Å². The van der Waals surface area contributed by atoms with E-state index in [0.29, 0.717) is 5.89 Å². The van der Waals surface area contributed by atoms with Gasteiger partial charge in [0.25, 0.3) is 0 Å². The number of morpholine rings is 1. The van der Waals surface area contributed by atoms with E-state index in [9.17, 15) is 0 Å². The van der Waals surface area contributed by atoms with E-state index in [-0.39, 0.29) is 0 Å². The van der Waals surface area contributed by atoms with Crippen molar-refractivity contribution in [3.05, 3.63) is 36.7 Å². The number of oxazole rings is 1. The maximum absolute atomic E-state index is 5.71. The van der Waals surface area contributed by atoms with Crippen LogP contribution in [-0.4, -0.2) is 41.3 Å². The summed E-state index contributed by atoms with van der Waals surface area (Å²) in [5.74, 6) is 1.27. The first-order valence-corrected chi connectivity index (χ1v) is 6.91. The lowest BCUT2D eigenvalue weighted by molar-refractivity contribution is 0.122. The van der Waals surface area contributed by atoms with E-state index in [1.54, 1.807) is 12.4 Å². The van der Waals surface area contributed by atoms with E-state index in [2.05, 4.69) is 19.9 Å². The number of ether oxygens (including phenoxy) is 1. The third-order valence-electron chi connectivity index (χ3n) is 3.47. The van der Waals surface area contributed by atoms with Gasteiger partial charge in [-0.1, -0.05) is 12.1 Å². The maximum atomic E-state index is 5.71. The molecule has 0 radical (unpaired) electrons. The Balaban J connectivity index is 1.63. The van der Waals surface area contributed by atoms with Crippen molar-refractivity contribution in [2.24, 2.45) is 0 Å². The number of fused-ring (bicyclic) bond motifs is 1. The van der Waals surface area contributed by atoms with Crippen LogP contribution in [0.15, 0.2) is 41.1 Å². The summed E-state index contributed by atoms with van der Waals surface area (Å²) in [7, 11) is 0. The standard InChI is InChI=1S/C15H14N4O2/c1-2-4-13-12(3-1)18-14(21-13)11-9-16-15(17-10-11)19-5-7-20-8-6-19/h1-4,9-10H,5-8H2. The van der Waals surface area contributed by atoms with Crippen LogP contribution in [0.4, 0.5) is 5.95 Å². The number of para-hydroxylation sites is 2. The lowest BCUT2D eigenvalue weighted by Crippen LogP contribution is -2.37. The van der Waals surface area contributed by atoms with Crippen molar-refractivity contribution in [3.8, 4) is 11.5 Å². The summed E-state index contributed by atoms with van der Waals surface area (Å²) in [4.78, 5) is 15.4. The minimum atomic E-state index is 0.546. The normalized spacial score (nSPS) is 15.5. The molecule has 0 aliphatic carbocycles. The molecule has 2 aromatic heterocycles. The average molecular weight is 282 g/mol. The van der Waals surface area contributed by atoms with Gasteiger partial charge >= 0.3 is 0 Å². The number of nitrogens with zero attached hydrogens (tertiary/aromatic N) is 4. The molecule has 0 spiro atoms. The van der Waals surface area contributed by atoms with Crippen LogP contribution in [0.1, 0.15) is 0 Å². The molecular formula is C15H14N4O2. The first-order valence-electron chi connectivity index (χ1n) is 6.91. The highest BCUT2D eigenvalue weighted by Crippen LogP contribution is 2.23. The summed E-state index contributed by atoms with van der Waals surface area (Å²) < 4.78 is 11.0. The van der Waals surface area contributed by atoms with E-state index in [0.717, 1.165) is 48.9 Å². The van der Waals surface area contributed by atoms with Gasteiger partial charge < -0.3 is 14.1 Å². The molecule has 1 saturated heterocycles. The molecule has 1 aliphatic heterocycles. The van der Waals surface area contributed by atoms with Crippen molar-refractivity contribution in [3.63, 3.8) is 0 Å². The molecular weight excluding hydrogens is 268 g/mol. The van der Waals surface area contributed by atoms with Gasteiger partial charge in [-0.15, -0.1) is 0 Å². The van der Waals surface area contributed by atoms with Crippen LogP contribution >= 0.6 is 0 Å². The van der Waals surface area contributed by atoms with Crippen LogP contribution < -0.4 is 4.90 Å². The quantitative estimate of drug-likeness (QED) is 0.717. The molecule has 0 bridgehead atoms. The molecule has 6 nitrogen and oxygen atoms in total. The zero-order chi connectivity index (χ0) is 14.1. The topological polar surface area (TPSA) is 64.3 Å². The molecule has 6 heteroatoms. The van der Waals surface area contributed by atoms with E-state index in [1.807, 2.05) is 24.3 Å². The summed E-state index contributed by atoms with van der Waals surface area (Å²) in [5, 5.41) is 0. The van der Waals surface area contributed by atoms with E-state index >= 15 is 0 Å². The largest absolute Gasteiger partial charge is 0.436 e. The highest BCUT2D eigenvalue weighted by atomic mass is 16.5. The van der Waals surface area contributed by atoms with Gasteiger partial charge in [-0.3, -0.25) is 0 Å². The Morgan fingerprint density at radius 3 is 2.52 bits per heavy atom. The van der Waals surface area contributed by atoms with Gasteiger partial charge in [0.1, 0.15) is 5.52 Å². The summed E-state index contributed by atoms with van der Waals surface area (Å²) in [6, 6.07) is 7.68. The summed E-state index contributed by atoms with van der Waals surface area (Å²) in [6.45, 7) is 3.08. The second-order valence-electron chi connectivity index (χ2n) is 4.86. The summed E-state index contributed by atoms with van der Waals surface area (Å²) in [5.41, 5.74) is 2.39. The van der Waals surface area contributed by atoms with E-state index in [1.165, 1.54) is 0 Å². The molecule has 0 atom stereocenters. The minimum absolute atomic E-state index is 0.546. The summed E-state index contributed by atoms with van der Waals surface area (Å²) in [6.07, 6.45) is 3.50. The number of hydrogen-bond acceptors (Lipinski definition) is 6. The first kappa shape index (κ1) is 12.3. The second-order valence-corrected chi connectivity index (χ2v) is 4.86. The van der Waals surface area contributed by atoms with Crippen LogP contribution in [-0.2, 0) is 4.74 Å². The fraction of sp³-hybridized carbons (Fsp3) is 0.267. The number of aromatic nitrogens is 3. The highest BCUT2D eigenvalue weighted by Gasteiger charge is 2.14. The van der Waals surface area contributed by atoms with E-state index < -0.39 is 0 Å². The molecule has 21 heavy (non-hydrogen) atoms. The Morgan fingerprint density at radius 1 is 1.00 bits per heavy atom. The SMILES string of the molecule is c1ccc2oc(-c3cnc(N4CCOCC4)nc3)nc2c1. The molecule has 4 rings (SSSR count). The molecule has 1 fully saturated rings. The summed E-state index contributed by atoms with van der Waals surface area (Å²) >= 11 is 0. The molecule has 0 amide bonds. The Hall–Kier alpha value is -2.47. The number of rotatable bonds is 2. The lowest BCUT2D eigenvalue weighted by atomic mass is 10.3. The van der Waals surface area contributed by atoms with E-state index in [4.69, 9.17) is 9.15 Å². The Kier molecular flexibility index (Phi) is 3.01. The van der Waals surface area contributed by atoms with Gasteiger partial charge in [-0.05, 0) is 12.1 Å². The van der Waals surface area contributed by atoms with Crippen molar-refractivity contribution in [2.45, 2.75) is 0 Å². The van der Waals surface area contributed by atoms with Crippen molar-refractivity contribution in [2.75, 3.05) is 31.2 Å². The van der Waals surface area contributed by atoms with Gasteiger partial charge in [0.05, 0.1) is 18.8 Å². The number of hydrogen-bond donors (Lipinski definition) is 0. The zero-order valence-electron chi connectivity index (χ0n) is 11.4. The Labute approximate surface area is 121 Å². The predicted octanol–water partition coefficient (Wildman–Crippen LogP) is 2.12. The molecule has 3 heterocycles. The fourth-order valence-corrected chi connectivity index (χ4v) is 2.35. The van der Waals surface area contributed by atoms with Crippen molar-refractivity contribution < 1.29 is 9.15 Å². The molecule has 3 aromatic rings. The molecule has 0 saturated carbocycles. The van der Waals surface area contributed by atoms with Crippen molar-refractivity contribution in [1.82, 2.24) is 15.0 Å².